The van der Waals surface area contributed by atoms with Crippen LogP contribution in [0.15, 0.2) is 33.9 Å². The van der Waals surface area contributed by atoms with Crippen LogP contribution in [0.5, 0.6) is 0 Å². The van der Waals surface area contributed by atoms with E-state index >= 15 is 0 Å². The molecule has 0 saturated carbocycles. The molecule has 2 heterocycles. The van der Waals surface area contributed by atoms with Crippen LogP contribution >= 0.6 is 0 Å². The Morgan fingerprint density at radius 2 is 1.80 bits per heavy atom. The van der Waals surface area contributed by atoms with Crippen molar-refractivity contribution in [1.82, 2.24) is 9.13 Å². The van der Waals surface area contributed by atoms with Crippen molar-refractivity contribution in [2.75, 3.05) is 0 Å². The van der Waals surface area contributed by atoms with Crippen molar-refractivity contribution in [3.05, 3.63) is 67.5 Å². The first-order chi connectivity index (χ1) is 13.9. The summed E-state index contributed by atoms with van der Waals surface area (Å²) in [5.41, 5.74) is 4.22. The number of hydrogen-bond donors (Lipinski definition) is 0. The summed E-state index contributed by atoms with van der Waals surface area (Å²) < 4.78 is 10.3. The Morgan fingerprint density at radius 1 is 1.10 bits per heavy atom. The third-order valence-electron chi connectivity index (χ3n) is 7.06. The van der Waals surface area contributed by atoms with Gasteiger partial charge in [-0.3, -0.25) is 9.59 Å². The summed E-state index contributed by atoms with van der Waals surface area (Å²) >= 11 is 0. The van der Waals surface area contributed by atoms with Gasteiger partial charge >= 0.3 is 0 Å². The van der Waals surface area contributed by atoms with Crippen molar-refractivity contribution in [2.45, 2.75) is 77.1 Å². The van der Waals surface area contributed by atoms with E-state index in [2.05, 4.69) is 39.9 Å². The van der Waals surface area contributed by atoms with E-state index < -0.39 is 8.32 Å². The normalized spacial score (nSPS) is 15.3. The first-order valence-corrected chi connectivity index (χ1v) is 13.9. The highest BCUT2D eigenvalue weighted by atomic mass is 28.4. The number of hydrogen-bond acceptors (Lipinski definition) is 3. The minimum atomic E-state index is -2.10. The summed E-state index contributed by atoms with van der Waals surface area (Å²) in [7, 11) is 1.59. The number of aromatic nitrogens is 2. The van der Waals surface area contributed by atoms with E-state index in [4.69, 9.17) is 4.43 Å². The monoisotopic (exact) mass is 428 g/mol. The summed E-state index contributed by atoms with van der Waals surface area (Å²) in [5, 5.41) is 0.0484. The van der Waals surface area contributed by atoms with Crippen molar-refractivity contribution < 1.29 is 4.43 Å². The maximum atomic E-state index is 13.3. The summed E-state index contributed by atoms with van der Waals surface area (Å²) in [4.78, 5) is 25.3. The number of nitrogens with zero attached hydrogens (tertiary/aromatic N) is 2. The smallest absolute Gasteiger partial charge is 0.256 e. The van der Waals surface area contributed by atoms with Crippen LogP contribution in [0.1, 0.15) is 62.2 Å². The highest BCUT2D eigenvalue weighted by molar-refractivity contribution is 6.74. The van der Waals surface area contributed by atoms with Crippen molar-refractivity contribution in [1.29, 1.82) is 0 Å². The third kappa shape index (κ3) is 4.40. The molecule has 0 aliphatic heterocycles. The van der Waals surface area contributed by atoms with Crippen molar-refractivity contribution >= 4 is 8.32 Å². The van der Waals surface area contributed by atoms with Crippen LogP contribution in [0, 0.1) is 0 Å². The maximum Gasteiger partial charge on any atom is 0.256 e. The van der Waals surface area contributed by atoms with E-state index in [1.54, 1.807) is 23.7 Å². The Balaban J connectivity index is 2.00. The molecule has 1 aliphatic rings. The van der Waals surface area contributed by atoms with Gasteiger partial charge in [0.05, 0.1) is 6.10 Å². The van der Waals surface area contributed by atoms with E-state index in [0.29, 0.717) is 12.8 Å². The fourth-order valence-corrected chi connectivity index (χ4v) is 5.34. The van der Waals surface area contributed by atoms with Crippen LogP contribution < -0.4 is 11.1 Å². The molecule has 0 radical (unpaired) electrons. The molecule has 1 aliphatic carbocycles. The van der Waals surface area contributed by atoms with Crippen molar-refractivity contribution in [3.63, 3.8) is 0 Å². The molecule has 3 rings (SSSR count). The van der Waals surface area contributed by atoms with Gasteiger partial charge in [-0.1, -0.05) is 26.8 Å². The largest absolute Gasteiger partial charge is 0.410 e. The van der Waals surface area contributed by atoms with Gasteiger partial charge in [0.1, 0.15) is 0 Å². The van der Waals surface area contributed by atoms with E-state index in [9.17, 15) is 9.59 Å². The van der Waals surface area contributed by atoms with Gasteiger partial charge < -0.3 is 13.6 Å². The first-order valence-electron chi connectivity index (χ1n) is 11.0. The van der Waals surface area contributed by atoms with Gasteiger partial charge in [0, 0.05) is 37.1 Å². The lowest BCUT2D eigenvalue weighted by Crippen LogP contribution is -2.43. The molecule has 0 fully saturated rings. The number of fused-ring (bicyclic) bond motifs is 1. The minimum absolute atomic E-state index is 0.0113. The summed E-state index contributed by atoms with van der Waals surface area (Å²) in [6.45, 7) is 11.1. The molecule has 2 aromatic rings. The van der Waals surface area contributed by atoms with Gasteiger partial charge in [0.25, 0.3) is 5.56 Å². The molecule has 2 aromatic heterocycles. The van der Waals surface area contributed by atoms with E-state index in [-0.39, 0.29) is 22.3 Å². The number of aryl methyl sites for hydroxylation is 2. The van der Waals surface area contributed by atoms with Gasteiger partial charge in [0.2, 0.25) is 5.56 Å². The molecule has 30 heavy (non-hydrogen) atoms. The van der Waals surface area contributed by atoms with E-state index in [1.807, 2.05) is 17.7 Å². The quantitative estimate of drug-likeness (QED) is 0.646. The van der Waals surface area contributed by atoms with E-state index in [1.165, 1.54) is 11.3 Å². The topological polar surface area (TPSA) is 53.2 Å². The zero-order valence-corrected chi connectivity index (χ0v) is 20.5. The first kappa shape index (κ1) is 22.8. The Labute approximate surface area is 180 Å². The lowest BCUT2D eigenvalue weighted by atomic mass is 10.0. The van der Waals surface area contributed by atoms with Gasteiger partial charge in [-0.2, -0.15) is 0 Å². The SMILES string of the molecule is Cn1c(CC[C@H](O[Si](C)(C)C(C)(C)C)c2cc3c(n(C)c2=O)CCC3)cccc1=O. The molecule has 0 saturated heterocycles. The zero-order valence-electron chi connectivity index (χ0n) is 19.5. The molecule has 0 aromatic carbocycles. The van der Waals surface area contributed by atoms with Gasteiger partial charge in [-0.05, 0) is 67.9 Å². The second-order valence-corrected chi connectivity index (χ2v) is 14.9. The maximum absolute atomic E-state index is 13.3. The number of pyridine rings is 2. The standard InChI is InChI=1S/C24H36N2O3Si/c1-24(2,3)30(6,7)29-21(15-14-18-11-9-13-22(27)25(18)4)19-16-17-10-8-12-20(17)26(5)23(19)28/h9,11,13,16,21H,8,10,12,14-15H2,1-7H3/t21-/m0/s1. The fourth-order valence-electron chi connectivity index (χ4n) is 4.03. The average molecular weight is 429 g/mol. The predicted molar refractivity (Wildman–Crippen MR) is 125 cm³/mol. The highest BCUT2D eigenvalue weighted by Gasteiger charge is 2.40. The molecule has 0 spiro atoms. The highest BCUT2D eigenvalue weighted by Crippen LogP contribution is 2.40. The Morgan fingerprint density at radius 3 is 2.47 bits per heavy atom. The van der Waals surface area contributed by atoms with Crippen molar-refractivity contribution in [2.24, 2.45) is 14.1 Å². The van der Waals surface area contributed by atoms with Crippen LogP contribution in [0.4, 0.5) is 0 Å². The van der Waals surface area contributed by atoms with E-state index in [0.717, 1.165) is 30.5 Å². The molecule has 0 amide bonds. The molecular weight excluding hydrogens is 392 g/mol. The fraction of sp³-hybridized carbons (Fsp3) is 0.583. The number of rotatable bonds is 6. The molecule has 164 valence electrons. The lowest BCUT2D eigenvalue weighted by Gasteiger charge is -2.39. The lowest BCUT2D eigenvalue weighted by molar-refractivity contribution is 0.171. The van der Waals surface area contributed by atoms with Crippen LogP contribution in [-0.4, -0.2) is 17.5 Å². The van der Waals surface area contributed by atoms with Crippen LogP contribution in [0.3, 0.4) is 0 Å². The minimum Gasteiger partial charge on any atom is -0.410 e. The molecule has 1 atom stereocenters. The summed E-state index contributed by atoms with van der Waals surface area (Å²) in [6.07, 6.45) is 4.19. The Bertz CT molecular complexity index is 1040. The second kappa shape index (κ2) is 8.31. The van der Waals surface area contributed by atoms with Crippen molar-refractivity contribution in [3.8, 4) is 0 Å². The van der Waals surface area contributed by atoms with Gasteiger partial charge in [-0.15, -0.1) is 0 Å². The molecule has 6 heteroatoms. The molecular formula is C24H36N2O3Si. The van der Waals surface area contributed by atoms with Crippen LogP contribution in [0.2, 0.25) is 18.1 Å². The Hall–Kier alpha value is -1.92. The third-order valence-corrected chi connectivity index (χ3v) is 11.5. The van der Waals surface area contributed by atoms with Crippen LogP contribution in [-0.2, 0) is 37.8 Å². The van der Waals surface area contributed by atoms with Gasteiger partial charge in [0.15, 0.2) is 8.32 Å². The predicted octanol–water partition coefficient (Wildman–Crippen LogP) is 4.27. The second-order valence-electron chi connectivity index (χ2n) is 10.1. The van der Waals surface area contributed by atoms with Crippen LogP contribution in [0.25, 0.3) is 0 Å². The Kier molecular flexibility index (Phi) is 6.30. The molecule has 0 unspecified atom stereocenters. The average Bonchev–Trinajstić information content (AvgIpc) is 3.12. The summed E-state index contributed by atoms with van der Waals surface area (Å²) in [5.74, 6) is 0. The zero-order chi connectivity index (χ0) is 22.3. The molecule has 0 bridgehead atoms. The van der Waals surface area contributed by atoms with Gasteiger partial charge in [-0.25, -0.2) is 0 Å². The molecule has 5 nitrogen and oxygen atoms in total. The molecule has 0 N–H and O–H groups in total. The summed E-state index contributed by atoms with van der Waals surface area (Å²) in [6, 6.07) is 7.46.